The van der Waals surface area contributed by atoms with Crippen molar-refractivity contribution in [3.8, 4) is 11.5 Å². The second kappa shape index (κ2) is 8.26. The van der Waals surface area contributed by atoms with Crippen LogP contribution in [0.15, 0.2) is 24.4 Å². The van der Waals surface area contributed by atoms with Gasteiger partial charge in [0.25, 0.3) is 10.2 Å². The number of aliphatic hydroxyl groups excluding tert-OH is 1. The van der Waals surface area contributed by atoms with Gasteiger partial charge in [-0.15, -0.1) is 0 Å². The SMILES string of the molecule is C[C@@H]1CN(S(=O)(=O)N(C)CCO)CC=C1c1nc(-c2ccc(F)cn2)[nH]c1Cl. The minimum absolute atomic E-state index is 0.0308. The van der Waals surface area contributed by atoms with Crippen molar-refractivity contribution in [1.82, 2.24) is 23.6 Å². The molecule has 0 spiro atoms. The molecule has 0 bridgehead atoms. The molecule has 0 amide bonds. The van der Waals surface area contributed by atoms with Gasteiger partial charge in [-0.25, -0.2) is 14.4 Å². The predicted molar refractivity (Wildman–Crippen MR) is 104 cm³/mol. The van der Waals surface area contributed by atoms with E-state index >= 15 is 0 Å². The van der Waals surface area contributed by atoms with E-state index in [1.54, 1.807) is 6.08 Å². The predicted octanol–water partition coefficient (Wildman–Crippen LogP) is 1.77. The topological polar surface area (TPSA) is 102 Å². The number of aromatic amines is 1. The normalized spacial score (nSPS) is 18.5. The van der Waals surface area contributed by atoms with Crippen LogP contribution >= 0.6 is 11.6 Å². The largest absolute Gasteiger partial charge is 0.395 e. The number of imidazole rings is 1. The van der Waals surface area contributed by atoms with E-state index in [2.05, 4.69) is 15.0 Å². The molecule has 3 heterocycles. The van der Waals surface area contributed by atoms with Crippen molar-refractivity contribution in [3.63, 3.8) is 0 Å². The number of halogens is 2. The Labute approximate surface area is 167 Å². The van der Waals surface area contributed by atoms with E-state index in [1.807, 2.05) is 6.92 Å². The lowest BCUT2D eigenvalue weighted by Gasteiger charge is -2.32. The molecule has 2 aromatic rings. The average Bonchev–Trinajstić information content (AvgIpc) is 3.03. The van der Waals surface area contributed by atoms with Crippen molar-refractivity contribution in [3.05, 3.63) is 41.1 Å². The van der Waals surface area contributed by atoms with Crippen LogP contribution in [0.1, 0.15) is 12.6 Å². The summed E-state index contributed by atoms with van der Waals surface area (Å²) in [4.78, 5) is 11.4. The van der Waals surface area contributed by atoms with Gasteiger partial charge in [0.15, 0.2) is 5.82 Å². The number of hydrogen-bond acceptors (Lipinski definition) is 5. The van der Waals surface area contributed by atoms with E-state index in [4.69, 9.17) is 16.7 Å². The molecular formula is C17H21ClFN5O3S. The molecule has 0 fully saturated rings. The van der Waals surface area contributed by atoms with Gasteiger partial charge >= 0.3 is 0 Å². The molecule has 1 atom stereocenters. The molecule has 3 rings (SSSR count). The lowest BCUT2D eigenvalue weighted by molar-refractivity contribution is 0.257. The molecule has 0 aliphatic carbocycles. The van der Waals surface area contributed by atoms with Crippen LogP contribution in [0.4, 0.5) is 4.39 Å². The number of nitrogens with zero attached hydrogens (tertiary/aromatic N) is 4. The Kier molecular flexibility index (Phi) is 6.15. The van der Waals surface area contributed by atoms with E-state index in [-0.39, 0.29) is 32.2 Å². The number of aliphatic hydroxyl groups is 1. The molecule has 1 aliphatic heterocycles. The summed E-state index contributed by atoms with van der Waals surface area (Å²) in [5, 5.41) is 9.31. The number of hydrogen-bond donors (Lipinski definition) is 2. The minimum Gasteiger partial charge on any atom is -0.395 e. The molecule has 28 heavy (non-hydrogen) atoms. The fourth-order valence-electron chi connectivity index (χ4n) is 3.03. The van der Waals surface area contributed by atoms with Gasteiger partial charge in [-0.3, -0.25) is 0 Å². The van der Waals surface area contributed by atoms with E-state index in [9.17, 15) is 12.8 Å². The molecule has 0 aromatic carbocycles. The summed E-state index contributed by atoms with van der Waals surface area (Å²) in [7, 11) is -2.23. The first-order valence-electron chi connectivity index (χ1n) is 8.64. The molecule has 0 unspecified atom stereocenters. The third kappa shape index (κ3) is 4.11. The van der Waals surface area contributed by atoms with Crippen molar-refractivity contribution in [1.29, 1.82) is 0 Å². The smallest absolute Gasteiger partial charge is 0.282 e. The maximum Gasteiger partial charge on any atom is 0.282 e. The summed E-state index contributed by atoms with van der Waals surface area (Å²) in [6.45, 7) is 2.11. The summed E-state index contributed by atoms with van der Waals surface area (Å²) < 4.78 is 40.7. The van der Waals surface area contributed by atoms with Crippen LogP contribution in [0.2, 0.25) is 5.15 Å². The third-order valence-corrected chi connectivity index (χ3v) is 6.76. The van der Waals surface area contributed by atoms with E-state index < -0.39 is 16.0 Å². The van der Waals surface area contributed by atoms with Gasteiger partial charge in [0.2, 0.25) is 0 Å². The number of rotatable bonds is 6. The van der Waals surface area contributed by atoms with Crippen molar-refractivity contribution >= 4 is 27.4 Å². The third-order valence-electron chi connectivity index (χ3n) is 4.56. The molecule has 152 valence electrons. The van der Waals surface area contributed by atoms with Crippen molar-refractivity contribution in [2.45, 2.75) is 6.92 Å². The molecule has 0 saturated heterocycles. The fourth-order valence-corrected chi connectivity index (χ4v) is 4.65. The highest BCUT2D eigenvalue weighted by Gasteiger charge is 2.32. The van der Waals surface area contributed by atoms with Crippen molar-refractivity contribution in [2.24, 2.45) is 5.92 Å². The molecule has 2 aromatic heterocycles. The zero-order chi connectivity index (χ0) is 20.5. The van der Waals surface area contributed by atoms with Gasteiger partial charge in [-0.05, 0) is 23.6 Å². The molecule has 1 aliphatic rings. The molecular weight excluding hydrogens is 409 g/mol. The van der Waals surface area contributed by atoms with Crippen molar-refractivity contribution < 1.29 is 17.9 Å². The number of H-pyrrole nitrogens is 1. The zero-order valence-corrected chi connectivity index (χ0v) is 17.0. The maximum atomic E-state index is 13.1. The number of nitrogens with one attached hydrogen (secondary N) is 1. The Morgan fingerprint density at radius 3 is 2.82 bits per heavy atom. The van der Waals surface area contributed by atoms with Crippen LogP contribution in [0, 0.1) is 11.7 Å². The van der Waals surface area contributed by atoms with E-state index in [0.29, 0.717) is 22.4 Å². The lowest BCUT2D eigenvalue weighted by atomic mass is 9.95. The van der Waals surface area contributed by atoms with Gasteiger partial charge in [0.05, 0.1) is 12.8 Å². The van der Waals surface area contributed by atoms with Gasteiger partial charge in [-0.2, -0.15) is 17.0 Å². The van der Waals surface area contributed by atoms with Crippen LogP contribution in [-0.4, -0.2) is 70.4 Å². The first-order valence-corrected chi connectivity index (χ1v) is 10.4. The highest BCUT2D eigenvalue weighted by molar-refractivity contribution is 7.86. The molecule has 11 heteroatoms. The van der Waals surface area contributed by atoms with Crippen LogP contribution in [-0.2, 0) is 10.2 Å². The Bertz CT molecular complexity index is 977. The Hall–Kier alpha value is -1.85. The van der Waals surface area contributed by atoms with Crippen LogP contribution in [0.5, 0.6) is 0 Å². The van der Waals surface area contributed by atoms with Gasteiger partial charge in [0, 0.05) is 26.7 Å². The second-order valence-corrected chi connectivity index (χ2v) is 8.95. The first kappa shape index (κ1) is 20.9. The van der Waals surface area contributed by atoms with Crippen LogP contribution < -0.4 is 0 Å². The maximum absolute atomic E-state index is 13.1. The monoisotopic (exact) mass is 429 g/mol. The Morgan fingerprint density at radius 1 is 1.46 bits per heavy atom. The van der Waals surface area contributed by atoms with Crippen LogP contribution in [0.3, 0.4) is 0 Å². The summed E-state index contributed by atoms with van der Waals surface area (Å²) >= 11 is 6.31. The highest BCUT2D eigenvalue weighted by Crippen LogP contribution is 2.33. The molecule has 2 N–H and O–H groups in total. The molecule has 8 nitrogen and oxygen atoms in total. The second-order valence-electron chi connectivity index (χ2n) is 6.54. The summed E-state index contributed by atoms with van der Waals surface area (Å²) in [5.74, 6) is -0.190. The zero-order valence-electron chi connectivity index (χ0n) is 15.4. The van der Waals surface area contributed by atoms with Gasteiger partial charge < -0.3 is 10.1 Å². The summed E-state index contributed by atoms with van der Waals surface area (Å²) in [5.41, 5.74) is 1.80. The average molecular weight is 430 g/mol. The number of likely N-dealkylation sites (N-methyl/N-ethyl adjacent to an activating group) is 1. The Balaban J connectivity index is 1.85. The highest BCUT2D eigenvalue weighted by atomic mass is 35.5. The van der Waals surface area contributed by atoms with Crippen LogP contribution in [0.25, 0.3) is 17.1 Å². The lowest BCUT2D eigenvalue weighted by Crippen LogP contribution is -2.46. The van der Waals surface area contributed by atoms with Gasteiger partial charge in [-0.1, -0.05) is 24.6 Å². The Morgan fingerprint density at radius 2 is 2.21 bits per heavy atom. The first-order chi connectivity index (χ1) is 13.2. The van der Waals surface area contributed by atoms with Crippen molar-refractivity contribution in [2.75, 3.05) is 33.3 Å². The minimum atomic E-state index is -3.66. The number of pyridine rings is 1. The number of aromatic nitrogens is 3. The molecule has 0 saturated carbocycles. The summed E-state index contributed by atoms with van der Waals surface area (Å²) in [6.07, 6.45) is 2.88. The van der Waals surface area contributed by atoms with Gasteiger partial charge in [0.1, 0.15) is 22.4 Å². The van der Waals surface area contributed by atoms with E-state index in [1.165, 1.54) is 23.5 Å². The summed E-state index contributed by atoms with van der Waals surface area (Å²) in [6, 6.07) is 2.78. The molecule has 0 radical (unpaired) electrons. The van der Waals surface area contributed by atoms with E-state index in [0.717, 1.165) is 16.1 Å². The quantitative estimate of drug-likeness (QED) is 0.728. The standard InChI is InChI=1S/C17H21ClFN5O3S/c1-11-10-24(28(26,27)23(2)7-8-25)6-5-13(11)15-16(18)22-17(21-15)14-4-3-12(19)9-20-14/h3-5,9,11,25H,6-8,10H2,1-2H3,(H,21,22)/t11-/m1/s1. The fraction of sp³-hybridized carbons (Fsp3) is 0.412.